The Labute approximate surface area is 160 Å². The topological polar surface area (TPSA) is 78.1 Å². The summed E-state index contributed by atoms with van der Waals surface area (Å²) in [5.41, 5.74) is 1.92. The number of carbonyl (C=O) groups is 2. The molecule has 146 valence electrons. The summed E-state index contributed by atoms with van der Waals surface area (Å²) in [6, 6.07) is 8.07. The molecular weight excluding hydrogens is 340 g/mol. The molecule has 2 amide bonds. The SMILES string of the molecule is CCCCNC(=O)C1CCC(C)N(C(=O)CCc2nc3ccccc3[nH]2)C1. The largest absolute Gasteiger partial charge is 0.356 e. The van der Waals surface area contributed by atoms with Crippen LogP contribution >= 0.6 is 0 Å². The van der Waals surface area contributed by atoms with E-state index in [-0.39, 0.29) is 23.8 Å². The van der Waals surface area contributed by atoms with Crippen LogP contribution in [0.1, 0.15) is 51.8 Å². The first kappa shape index (κ1) is 19.4. The highest BCUT2D eigenvalue weighted by molar-refractivity contribution is 5.81. The third kappa shape index (κ3) is 4.87. The fourth-order valence-electron chi connectivity index (χ4n) is 3.69. The Bertz CT molecular complexity index is 752. The molecule has 1 aromatic heterocycles. The summed E-state index contributed by atoms with van der Waals surface area (Å²) >= 11 is 0. The number of nitrogens with zero attached hydrogens (tertiary/aromatic N) is 2. The zero-order valence-electron chi connectivity index (χ0n) is 16.3. The van der Waals surface area contributed by atoms with Gasteiger partial charge < -0.3 is 15.2 Å². The van der Waals surface area contributed by atoms with Crippen LogP contribution in [0.5, 0.6) is 0 Å². The second kappa shape index (κ2) is 9.02. The number of piperidine rings is 1. The minimum atomic E-state index is -0.0896. The zero-order valence-corrected chi connectivity index (χ0v) is 16.3. The van der Waals surface area contributed by atoms with Gasteiger partial charge >= 0.3 is 0 Å². The molecule has 6 nitrogen and oxygen atoms in total. The van der Waals surface area contributed by atoms with Crippen LogP contribution in [0.15, 0.2) is 24.3 Å². The molecule has 6 heteroatoms. The molecule has 1 aliphatic heterocycles. The van der Waals surface area contributed by atoms with Crippen molar-refractivity contribution in [3.63, 3.8) is 0 Å². The number of rotatable bonds is 7. The Morgan fingerprint density at radius 1 is 1.30 bits per heavy atom. The van der Waals surface area contributed by atoms with Crippen molar-refractivity contribution in [3.8, 4) is 0 Å². The van der Waals surface area contributed by atoms with Gasteiger partial charge in [-0.1, -0.05) is 25.5 Å². The van der Waals surface area contributed by atoms with Crippen molar-refractivity contribution in [2.24, 2.45) is 5.92 Å². The number of nitrogens with one attached hydrogen (secondary N) is 2. The van der Waals surface area contributed by atoms with Crippen molar-refractivity contribution < 1.29 is 9.59 Å². The molecule has 2 N–H and O–H groups in total. The highest BCUT2D eigenvalue weighted by atomic mass is 16.2. The molecular formula is C21H30N4O2. The van der Waals surface area contributed by atoms with Crippen LogP contribution in [0, 0.1) is 5.92 Å². The molecule has 27 heavy (non-hydrogen) atoms. The summed E-state index contributed by atoms with van der Waals surface area (Å²) in [5, 5.41) is 3.01. The first-order chi connectivity index (χ1) is 13.1. The number of hydrogen-bond acceptors (Lipinski definition) is 3. The van der Waals surface area contributed by atoms with Crippen LogP contribution in [0.3, 0.4) is 0 Å². The number of unbranched alkanes of at least 4 members (excludes halogenated alkanes) is 1. The first-order valence-corrected chi connectivity index (χ1v) is 10.1. The Kier molecular flexibility index (Phi) is 6.48. The van der Waals surface area contributed by atoms with E-state index in [1.165, 1.54) is 0 Å². The summed E-state index contributed by atoms with van der Waals surface area (Å²) in [7, 11) is 0. The molecule has 3 rings (SSSR count). The van der Waals surface area contributed by atoms with Crippen LogP contribution < -0.4 is 5.32 Å². The van der Waals surface area contributed by atoms with E-state index in [1.54, 1.807) is 0 Å². The summed E-state index contributed by atoms with van der Waals surface area (Å²) in [4.78, 5) is 34.8. The highest BCUT2D eigenvalue weighted by Gasteiger charge is 2.32. The quantitative estimate of drug-likeness (QED) is 0.736. The maximum absolute atomic E-state index is 12.8. The maximum Gasteiger partial charge on any atom is 0.224 e. The van der Waals surface area contributed by atoms with Gasteiger partial charge in [-0.15, -0.1) is 0 Å². The Morgan fingerprint density at radius 2 is 2.11 bits per heavy atom. The summed E-state index contributed by atoms with van der Waals surface area (Å²) < 4.78 is 0. The van der Waals surface area contributed by atoms with Crippen molar-refractivity contribution in [3.05, 3.63) is 30.1 Å². The lowest BCUT2D eigenvalue weighted by Crippen LogP contribution is -2.49. The van der Waals surface area contributed by atoms with E-state index < -0.39 is 0 Å². The molecule has 2 unspecified atom stereocenters. The number of hydrogen-bond donors (Lipinski definition) is 2. The molecule has 0 saturated carbocycles. The van der Waals surface area contributed by atoms with Gasteiger partial charge in [-0.2, -0.15) is 0 Å². The van der Waals surface area contributed by atoms with Crippen molar-refractivity contribution in [2.75, 3.05) is 13.1 Å². The van der Waals surface area contributed by atoms with Gasteiger partial charge in [-0.05, 0) is 38.3 Å². The van der Waals surface area contributed by atoms with E-state index in [0.29, 0.717) is 19.4 Å². The predicted octanol–water partition coefficient (Wildman–Crippen LogP) is 3.04. The minimum absolute atomic E-state index is 0.0884. The van der Waals surface area contributed by atoms with E-state index in [1.807, 2.05) is 29.2 Å². The third-order valence-electron chi connectivity index (χ3n) is 5.42. The number of benzene rings is 1. The lowest BCUT2D eigenvalue weighted by atomic mass is 9.92. The molecule has 0 radical (unpaired) electrons. The number of likely N-dealkylation sites (tertiary alicyclic amines) is 1. The molecule has 2 aromatic rings. The molecule has 1 aromatic carbocycles. The van der Waals surface area contributed by atoms with Crippen molar-refractivity contribution in [2.45, 2.75) is 58.4 Å². The first-order valence-electron chi connectivity index (χ1n) is 10.1. The molecule has 1 saturated heterocycles. The standard InChI is InChI=1S/C21H30N4O2/c1-3-4-13-22-21(27)16-10-9-15(2)25(14-16)20(26)12-11-19-23-17-7-5-6-8-18(17)24-19/h5-8,15-16H,3-4,9-14H2,1-2H3,(H,22,27)(H,23,24). The van der Waals surface area contributed by atoms with Gasteiger partial charge in [0.15, 0.2) is 0 Å². The summed E-state index contributed by atoms with van der Waals surface area (Å²) in [6.45, 7) is 5.43. The van der Waals surface area contributed by atoms with E-state index >= 15 is 0 Å². The average Bonchev–Trinajstić information content (AvgIpc) is 3.09. The number of carbonyl (C=O) groups excluding carboxylic acids is 2. The van der Waals surface area contributed by atoms with Gasteiger partial charge in [0, 0.05) is 32.0 Å². The Hall–Kier alpha value is -2.37. The molecule has 2 atom stereocenters. The smallest absolute Gasteiger partial charge is 0.224 e. The van der Waals surface area contributed by atoms with Crippen LogP contribution in [-0.2, 0) is 16.0 Å². The normalized spacial score (nSPS) is 20.0. The Balaban J connectivity index is 1.54. The number of amides is 2. The molecule has 1 aliphatic rings. The van der Waals surface area contributed by atoms with Crippen molar-refractivity contribution in [1.29, 1.82) is 0 Å². The van der Waals surface area contributed by atoms with E-state index in [0.717, 1.165) is 49.1 Å². The van der Waals surface area contributed by atoms with Gasteiger partial charge in [-0.25, -0.2) is 4.98 Å². The number of imidazole rings is 1. The fourth-order valence-corrected chi connectivity index (χ4v) is 3.69. The molecule has 0 bridgehead atoms. The van der Waals surface area contributed by atoms with E-state index in [2.05, 4.69) is 29.1 Å². The number of aromatic nitrogens is 2. The van der Waals surface area contributed by atoms with Crippen LogP contribution in [0.2, 0.25) is 0 Å². The van der Waals surface area contributed by atoms with Crippen LogP contribution in [-0.4, -0.2) is 45.8 Å². The van der Waals surface area contributed by atoms with Gasteiger partial charge in [0.05, 0.1) is 17.0 Å². The number of para-hydroxylation sites is 2. The van der Waals surface area contributed by atoms with Crippen LogP contribution in [0.4, 0.5) is 0 Å². The van der Waals surface area contributed by atoms with Gasteiger partial charge in [0.25, 0.3) is 0 Å². The third-order valence-corrected chi connectivity index (χ3v) is 5.42. The highest BCUT2D eigenvalue weighted by Crippen LogP contribution is 2.23. The number of aromatic amines is 1. The van der Waals surface area contributed by atoms with E-state index in [9.17, 15) is 9.59 Å². The summed E-state index contributed by atoms with van der Waals surface area (Å²) in [5.74, 6) is 0.940. The van der Waals surface area contributed by atoms with Crippen molar-refractivity contribution >= 4 is 22.8 Å². The fraction of sp³-hybridized carbons (Fsp3) is 0.571. The second-order valence-electron chi connectivity index (χ2n) is 7.51. The van der Waals surface area contributed by atoms with Gasteiger partial charge in [-0.3, -0.25) is 9.59 Å². The van der Waals surface area contributed by atoms with Gasteiger partial charge in [0.2, 0.25) is 11.8 Å². The molecule has 2 heterocycles. The number of H-pyrrole nitrogens is 1. The summed E-state index contributed by atoms with van der Waals surface area (Å²) in [6.07, 6.45) is 4.79. The minimum Gasteiger partial charge on any atom is -0.356 e. The Morgan fingerprint density at radius 3 is 2.89 bits per heavy atom. The maximum atomic E-state index is 12.8. The van der Waals surface area contributed by atoms with E-state index in [4.69, 9.17) is 0 Å². The number of fused-ring (bicyclic) bond motifs is 1. The molecule has 0 spiro atoms. The molecule has 1 fully saturated rings. The molecule has 0 aliphatic carbocycles. The van der Waals surface area contributed by atoms with Crippen LogP contribution in [0.25, 0.3) is 11.0 Å². The zero-order chi connectivity index (χ0) is 19.2. The lowest BCUT2D eigenvalue weighted by Gasteiger charge is -2.37. The predicted molar refractivity (Wildman–Crippen MR) is 106 cm³/mol. The monoisotopic (exact) mass is 370 g/mol. The van der Waals surface area contributed by atoms with Crippen molar-refractivity contribution in [1.82, 2.24) is 20.2 Å². The number of aryl methyl sites for hydroxylation is 1. The second-order valence-corrected chi connectivity index (χ2v) is 7.51. The lowest BCUT2D eigenvalue weighted by molar-refractivity contribution is -0.138. The average molecular weight is 370 g/mol. The van der Waals surface area contributed by atoms with Gasteiger partial charge in [0.1, 0.15) is 5.82 Å².